The van der Waals surface area contributed by atoms with Gasteiger partial charge in [0.15, 0.2) is 0 Å². The molecule has 0 radical (unpaired) electrons. The molecule has 0 saturated carbocycles. The first-order valence-electron chi connectivity index (χ1n) is 12.6. The number of esters is 1. The topological polar surface area (TPSA) is 108 Å². The van der Waals surface area contributed by atoms with Crippen LogP contribution in [0, 0.1) is 17.7 Å². The van der Waals surface area contributed by atoms with E-state index in [1.54, 1.807) is 31.2 Å². The maximum absolute atomic E-state index is 15.1. The number of halogens is 2. The second-order valence-corrected chi connectivity index (χ2v) is 9.97. The van der Waals surface area contributed by atoms with Crippen LogP contribution in [-0.2, 0) is 19.1 Å². The molecule has 2 aliphatic rings. The molecule has 2 aromatic rings. The van der Waals surface area contributed by atoms with Gasteiger partial charge in [-0.15, -0.1) is 0 Å². The van der Waals surface area contributed by atoms with Crippen LogP contribution in [0.15, 0.2) is 42.5 Å². The second-order valence-electron chi connectivity index (χ2n) is 9.54. The monoisotopic (exact) mass is 544 g/mol. The van der Waals surface area contributed by atoms with Crippen molar-refractivity contribution in [3.63, 3.8) is 0 Å². The van der Waals surface area contributed by atoms with E-state index in [-0.39, 0.29) is 23.9 Å². The Morgan fingerprint density at radius 3 is 2.55 bits per heavy atom. The Morgan fingerprint density at radius 1 is 1.13 bits per heavy atom. The Kier molecular flexibility index (Phi) is 8.51. The summed E-state index contributed by atoms with van der Waals surface area (Å²) in [4.78, 5) is 53.8. The van der Waals surface area contributed by atoms with Gasteiger partial charge in [-0.25, -0.2) is 9.18 Å². The van der Waals surface area contributed by atoms with Gasteiger partial charge < -0.3 is 25.2 Å². The Morgan fingerprint density at radius 2 is 1.87 bits per heavy atom. The fourth-order valence-electron chi connectivity index (χ4n) is 4.83. The molecule has 202 valence electrons. The van der Waals surface area contributed by atoms with E-state index in [0.717, 1.165) is 6.07 Å². The maximum Gasteiger partial charge on any atom is 0.322 e. The number of benzene rings is 2. The largest absolute Gasteiger partial charge is 0.465 e. The number of hydrogen-bond acceptors (Lipinski definition) is 5. The SMILES string of the molecule is CCOC(=O)C1CCCN(c2ccc(NC(=O)C3CC(C)CN3C(=O)Nc3ccc(Cl)cc3)c(F)c2)C1=O. The highest BCUT2D eigenvalue weighted by molar-refractivity contribution is 6.30. The highest BCUT2D eigenvalue weighted by Gasteiger charge is 2.39. The summed E-state index contributed by atoms with van der Waals surface area (Å²) in [6.07, 6.45) is 1.38. The number of anilines is 3. The van der Waals surface area contributed by atoms with E-state index in [1.165, 1.54) is 21.9 Å². The molecule has 2 heterocycles. The summed E-state index contributed by atoms with van der Waals surface area (Å²) < 4.78 is 20.1. The lowest BCUT2D eigenvalue weighted by Crippen LogP contribution is -2.45. The standard InChI is InChI=1S/C27H30ClFN4O5/c1-3-38-26(36)20-5-4-12-32(25(20)35)19-10-11-22(21(29)14-19)31-24(34)23-13-16(2)15-33(23)27(37)30-18-8-6-17(28)7-9-18/h6-11,14,16,20,23H,3-5,12-13,15H2,1-2H3,(H,30,37)(H,31,34). The van der Waals surface area contributed by atoms with E-state index >= 15 is 4.39 Å². The molecule has 9 nitrogen and oxygen atoms in total. The molecule has 3 atom stereocenters. The predicted octanol–water partition coefficient (Wildman–Crippen LogP) is 4.67. The third-order valence-electron chi connectivity index (χ3n) is 6.70. The van der Waals surface area contributed by atoms with Crippen LogP contribution < -0.4 is 15.5 Å². The fourth-order valence-corrected chi connectivity index (χ4v) is 4.96. The zero-order chi connectivity index (χ0) is 27.4. The Labute approximate surface area is 225 Å². The van der Waals surface area contributed by atoms with Gasteiger partial charge in [0.25, 0.3) is 0 Å². The lowest BCUT2D eigenvalue weighted by atomic mass is 9.96. The Hall–Kier alpha value is -3.66. The van der Waals surface area contributed by atoms with Crippen molar-refractivity contribution in [2.45, 2.75) is 39.2 Å². The van der Waals surface area contributed by atoms with E-state index in [4.69, 9.17) is 16.3 Å². The number of ether oxygens (including phenoxy) is 1. The number of hydrogen-bond donors (Lipinski definition) is 2. The fraction of sp³-hybridized carbons (Fsp3) is 0.407. The molecule has 2 N–H and O–H groups in total. The summed E-state index contributed by atoms with van der Waals surface area (Å²) in [6.45, 7) is 4.49. The van der Waals surface area contributed by atoms with Crippen molar-refractivity contribution in [2.75, 3.05) is 35.2 Å². The molecule has 0 bridgehead atoms. The van der Waals surface area contributed by atoms with Gasteiger partial charge in [0.1, 0.15) is 17.8 Å². The van der Waals surface area contributed by atoms with Gasteiger partial charge in [0.2, 0.25) is 11.8 Å². The molecule has 2 fully saturated rings. The Balaban J connectivity index is 1.44. The van der Waals surface area contributed by atoms with Gasteiger partial charge in [-0.1, -0.05) is 18.5 Å². The van der Waals surface area contributed by atoms with Crippen LogP contribution in [0.5, 0.6) is 0 Å². The van der Waals surface area contributed by atoms with Crippen LogP contribution in [0.25, 0.3) is 0 Å². The average molecular weight is 545 g/mol. The van der Waals surface area contributed by atoms with Crippen LogP contribution in [0.1, 0.15) is 33.1 Å². The van der Waals surface area contributed by atoms with Crippen molar-refractivity contribution in [3.05, 3.63) is 53.3 Å². The van der Waals surface area contributed by atoms with E-state index < -0.39 is 41.6 Å². The summed E-state index contributed by atoms with van der Waals surface area (Å²) in [5.41, 5.74) is 0.762. The first kappa shape index (κ1) is 27.4. The normalized spacial score (nSPS) is 21.3. The van der Waals surface area contributed by atoms with Gasteiger partial charge >= 0.3 is 12.0 Å². The number of carbonyl (C=O) groups is 4. The zero-order valence-corrected chi connectivity index (χ0v) is 22.0. The number of amides is 4. The number of nitrogens with one attached hydrogen (secondary N) is 2. The number of rotatable bonds is 6. The minimum Gasteiger partial charge on any atom is -0.465 e. The molecule has 38 heavy (non-hydrogen) atoms. The number of carbonyl (C=O) groups excluding carboxylic acids is 4. The third-order valence-corrected chi connectivity index (χ3v) is 6.95. The van der Waals surface area contributed by atoms with Crippen LogP contribution in [0.2, 0.25) is 5.02 Å². The molecule has 2 aromatic carbocycles. The van der Waals surface area contributed by atoms with Crippen molar-refractivity contribution in [2.24, 2.45) is 11.8 Å². The summed E-state index contributed by atoms with van der Waals surface area (Å²) in [7, 11) is 0. The van der Waals surface area contributed by atoms with E-state index in [0.29, 0.717) is 43.1 Å². The molecule has 0 aromatic heterocycles. The van der Waals surface area contributed by atoms with Crippen molar-refractivity contribution < 1.29 is 28.3 Å². The smallest absolute Gasteiger partial charge is 0.322 e. The minimum atomic E-state index is -0.916. The average Bonchev–Trinajstić information content (AvgIpc) is 3.29. The molecule has 2 aliphatic heterocycles. The molecule has 4 rings (SSSR count). The molecule has 4 amide bonds. The lowest BCUT2D eigenvalue weighted by Gasteiger charge is -2.31. The second kappa shape index (κ2) is 11.8. The summed E-state index contributed by atoms with van der Waals surface area (Å²) in [5.74, 6) is -3.10. The summed E-state index contributed by atoms with van der Waals surface area (Å²) >= 11 is 5.90. The van der Waals surface area contributed by atoms with Gasteiger partial charge in [-0.05, 0) is 74.6 Å². The van der Waals surface area contributed by atoms with Crippen molar-refractivity contribution in [3.8, 4) is 0 Å². The molecule has 0 aliphatic carbocycles. The van der Waals surface area contributed by atoms with Crippen LogP contribution in [0.3, 0.4) is 0 Å². The predicted molar refractivity (Wildman–Crippen MR) is 141 cm³/mol. The highest BCUT2D eigenvalue weighted by atomic mass is 35.5. The molecule has 3 unspecified atom stereocenters. The summed E-state index contributed by atoms with van der Waals surface area (Å²) in [5, 5.41) is 5.88. The van der Waals surface area contributed by atoms with Gasteiger partial charge in [-0.2, -0.15) is 0 Å². The number of urea groups is 1. The van der Waals surface area contributed by atoms with Crippen molar-refractivity contribution in [1.29, 1.82) is 0 Å². The Bertz CT molecular complexity index is 1220. The van der Waals surface area contributed by atoms with Crippen LogP contribution in [-0.4, -0.2) is 54.5 Å². The maximum atomic E-state index is 15.1. The van der Waals surface area contributed by atoms with E-state index in [2.05, 4.69) is 10.6 Å². The number of piperidine rings is 1. The van der Waals surface area contributed by atoms with Gasteiger partial charge in [0.05, 0.1) is 12.3 Å². The first-order valence-corrected chi connectivity index (χ1v) is 13.0. The molecule has 2 saturated heterocycles. The van der Waals surface area contributed by atoms with Crippen molar-refractivity contribution >= 4 is 52.5 Å². The highest BCUT2D eigenvalue weighted by Crippen LogP contribution is 2.30. The molecule has 11 heteroatoms. The van der Waals surface area contributed by atoms with Gasteiger partial charge in [0, 0.05) is 29.5 Å². The summed E-state index contributed by atoms with van der Waals surface area (Å²) in [6, 6.07) is 9.44. The van der Waals surface area contributed by atoms with Gasteiger partial charge in [-0.3, -0.25) is 14.4 Å². The molecular formula is C27H30ClFN4O5. The minimum absolute atomic E-state index is 0.0669. The quantitative estimate of drug-likeness (QED) is 0.406. The molecule has 0 spiro atoms. The van der Waals surface area contributed by atoms with Crippen molar-refractivity contribution in [1.82, 2.24) is 4.90 Å². The number of likely N-dealkylation sites (tertiary alicyclic amines) is 1. The van der Waals surface area contributed by atoms with E-state index in [9.17, 15) is 19.2 Å². The third kappa shape index (κ3) is 6.07. The lowest BCUT2D eigenvalue weighted by molar-refractivity contribution is -0.152. The van der Waals surface area contributed by atoms with Crippen LogP contribution in [0.4, 0.5) is 26.2 Å². The number of nitrogens with zero attached hydrogens (tertiary/aromatic N) is 2. The molecular weight excluding hydrogens is 515 g/mol. The van der Waals surface area contributed by atoms with E-state index in [1.807, 2.05) is 6.92 Å². The first-order chi connectivity index (χ1) is 18.2. The zero-order valence-electron chi connectivity index (χ0n) is 21.2. The van der Waals surface area contributed by atoms with Crippen LogP contribution >= 0.6 is 11.6 Å².